The molecule has 0 unspecified atom stereocenters. The van der Waals surface area contributed by atoms with Crippen LogP contribution in [0.2, 0.25) is 0 Å². The van der Waals surface area contributed by atoms with E-state index >= 15 is 0 Å². The molecule has 0 amide bonds. The van der Waals surface area contributed by atoms with Crippen molar-refractivity contribution < 1.29 is 30.9 Å². The molecule has 0 atom stereocenters. The minimum atomic E-state index is -5.13. The molecule has 1 aromatic rings. The predicted octanol–water partition coefficient (Wildman–Crippen LogP) is 2.08. The number of nitro groups is 1. The Morgan fingerprint density at radius 2 is 1.35 bits per heavy atom. The Bertz CT molecular complexity index is 588. The van der Waals surface area contributed by atoms with E-state index in [1.807, 2.05) is 0 Å². The summed E-state index contributed by atoms with van der Waals surface area (Å²) in [6.07, 6.45) is 0. The second-order valence-corrected chi connectivity index (χ2v) is 5.13. The molecule has 0 saturated carbocycles. The first-order valence-electron chi connectivity index (χ1n) is 3.54. The summed E-state index contributed by atoms with van der Waals surface area (Å²) in [5.74, 6) is -9.81. The Kier molecular flexibility index (Phi) is 3.30. The Labute approximate surface area is 95.2 Å². The number of halogens is 5. The summed E-state index contributed by atoms with van der Waals surface area (Å²) in [6.45, 7) is 0. The minimum Gasteiger partial charge on any atom is -0.258 e. The molecule has 0 spiro atoms. The first-order chi connectivity index (χ1) is 7.59. The van der Waals surface area contributed by atoms with Gasteiger partial charge in [0.1, 0.15) is 0 Å². The lowest BCUT2D eigenvalue weighted by molar-refractivity contribution is -0.390. The van der Waals surface area contributed by atoms with E-state index in [0.29, 0.717) is 0 Å². The highest BCUT2D eigenvalue weighted by molar-refractivity contribution is 8.13. The zero-order chi connectivity index (χ0) is 13.5. The van der Waals surface area contributed by atoms with Gasteiger partial charge >= 0.3 is 5.69 Å². The molecule has 17 heavy (non-hydrogen) atoms. The molecule has 94 valence electrons. The van der Waals surface area contributed by atoms with Crippen LogP contribution >= 0.6 is 10.7 Å². The Hall–Kier alpha value is -1.42. The molecule has 0 aliphatic heterocycles. The van der Waals surface area contributed by atoms with Crippen molar-refractivity contribution in [2.75, 3.05) is 0 Å². The second kappa shape index (κ2) is 4.11. The SMILES string of the molecule is O=[N+]([O-])c1c(F)c(F)c(S(=O)(=O)Cl)c(F)c1F. The van der Waals surface area contributed by atoms with E-state index < -0.39 is 47.8 Å². The van der Waals surface area contributed by atoms with E-state index in [-0.39, 0.29) is 0 Å². The van der Waals surface area contributed by atoms with Crippen molar-refractivity contribution >= 4 is 25.4 Å². The molecule has 1 rings (SSSR count). The fourth-order valence-corrected chi connectivity index (χ4v) is 1.99. The Morgan fingerprint density at radius 1 is 1.00 bits per heavy atom. The molecule has 11 heteroatoms. The molecule has 0 N–H and O–H groups in total. The molecular formula is C6ClF4NO4S. The molecule has 0 radical (unpaired) electrons. The predicted molar refractivity (Wildman–Crippen MR) is 46.0 cm³/mol. The molecule has 0 heterocycles. The summed E-state index contributed by atoms with van der Waals surface area (Å²) in [5.41, 5.74) is -2.14. The highest BCUT2D eigenvalue weighted by Crippen LogP contribution is 2.33. The van der Waals surface area contributed by atoms with E-state index in [4.69, 9.17) is 0 Å². The highest BCUT2D eigenvalue weighted by Gasteiger charge is 2.37. The fraction of sp³-hybridized carbons (Fsp3) is 0. The lowest BCUT2D eigenvalue weighted by atomic mass is 10.2. The summed E-state index contributed by atoms with van der Waals surface area (Å²) in [5, 5.41) is 10.1. The van der Waals surface area contributed by atoms with Gasteiger partial charge in [-0.1, -0.05) is 0 Å². The average molecular weight is 294 g/mol. The van der Waals surface area contributed by atoms with E-state index in [0.717, 1.165) is 0 Å². The van der Waals surface area contributed by atoms with E-state index in [9.17, 15) is 36.1 Å². The third kappa shape index (κ3) is 2.17. The first-order valence-corrected chi connectivity index (χ1v) is 5.85. The standard InChI is InChI=1S/C6ClF4NO4S/c7-17(15,16)6-3(10)1(8)5(12(13)14)2(9)4(6)11. The van der Waals surface area contributed by atoms with Crippen LogP contribution in [-0.4, -0.2) is 13.3 Å². The van der Waals surface area contributed by atoms with Gasteiger partial charge in [0.2, 0.25) is 11.6 Å². The van der Waals surface area contributed by atoms with Crippen LogP contribution in [0, 0.1) is 33.4 Å². The van der Waals surface area contributed by atoms with Gasteiger partial charge in [-0.25, -0.2) is 17.2 Å². The van der Waals surface area contributed by atoms with Gasteiger partial charge < -0.3 is 0 Å². The highest BCUT2D eigenvalue weighted by atomic mass is 35.7. The van der Waals surface area contributed by atoms with Crippen LogP contribution in [0.3, 0.4) is 0 Å². The normalized spacial score (nSPS) is 11.6. The van der Waals surface area contributed by atoms with Crippen LogP contribution < -0.4 is 0 Å². The average Bonchev–Trinajstić information content (AvgIpc) is 2.12. The molecule has 0 aromatic heterocycles. The molecule has 5 nitrogen and oxygen atoms in total. The van der Waals surface area contributed by atoms with Gasteiger partial charge in [-0.05, 0) is 0 Å². The lowest BCUT2D eigenvalue weighted by Crippen LogP contribution is -2.09. The lowest BCUT2D eigenvalue weighted by Gasteiger charge is -2.04. The fourth-order valence-electron chi connectivity index (χ4n) is 0.974. The minimum absolute atomic E-state index is 1.73. The number of hydrogen-bond acceptors (Lipinski definition) is 4. The largest absolute Gasteiger partial charge is 0.346 e. The maximum Gasteiger partial charge on any atom is 0.346 e. The van der Waals surface area contributed by atoms with Gasteiger partial charge in [-0.2, -0.15) is 8.78 Å². The molecule has 0 saturated heterocycles. The molecular weight excluding hydrogens is 294 g/mol. The summed E-state index contributed by atoms with van der Waals surface area (Å²) < 4.78 is 73.2. The number of nitrogens with zero attached hydrogens (tertiary/aromatic N) is 1. The zero-order valence-corrected chi connectivity index (χ0v) is 8.95. The quantitative estimate of drug-likeness (QED) is 0.275. The third-order valence-corrected chi connectivity index (χ3v) is 2.94. The van der Waals surface area contributed by atoms with E-state index in [2.05, 4.69) is 10.7 Å². The number of hydrogen-bond donors (Lipinski definition) is 0. The third-order valence-electron chi connectivity index (χ3n) is 1.63. The van der Waals surface area contributed by atoms with Crippen molar-refractivity contribution in [3.8, 4) is 0 Å². The van der Waals surface area contributed by atoms with Crippen LogP contribution in [0.25, 0.3) is 0 Å². The van der Waals surface area contributed by atoms with Crippen molar-refractivity contribution in [3.63, 3.8) is 0 Å². The van der Waals surface area contributed by atoms with Crippen LogP contribution in [0.1, 0.15) is 0 Å². The van der Waals surface area contributed by atoms with Gasteiger partial charge in [0.15, 0.2) is 16.5 Å². The monoisotopic (exact) mass is 293 g/mol. The van der Waals surface area contributed by atoms with Crippen LogP contribution in [0.4, 0.5) is 23.2 Å². The summed E-state index contributed by atoms with van der Waals surface area (Å²) >= 11 is 0. The van der Waals surface area contributed by atoms with Crippen molar-refractivity contribution in [2.45, 2.75) is 4.90 Å². The maximum atomic E-state index is 13.0. The maximum absolute atomic E-state index is 13.0. The van der Waals surface area contributed by atoms with Gasteiger partial charge in [-0.3, -0.25) is 10.1 Å². The molecule has 0 aliphatic rings. The van der Waals surface area contributed by atoms with Crippen molar-refractivity contribution in [1.29, 1.82) is 0 Å². The van der Waals surface area contributed by atoms with E-state index in [1.54, 1.807) is 0 Å². The van der Waals surface area contributed by atoms with Crippen molar-refractivity contribution in [3.05, 3.63) is 33.4 Å². The van der Waals surface area contributed by atoms with Gasteiger partial charge in [0.05, 0.1) is 4.92 Å². The molecule has 0 bridgehead atoms. The van der Waals surface area contributed by atoms with Gasteiger partial charge in [0.25, 0.3) is 9.05 Å². The van der Waals surface area contributed by atoms with Crippen molar-refractivity contribution in [1.82, 2.24) is 0 Å². The van der Waals surface area contributed by atoms with Gasteiger partial charge in [-0.15, -0.1) is 0 Å². The summed E-state index contributed by atoms with van der Waals surface area (Å²) in [6, 6.07) is 0. The van der Waals surface area contributed by atoms with Gasteiger partial charge in [0, 0.05) is 10.7 Å². The Balaban J connectivity index is 3.91. The van der Waals surface area contributed by atoms with Crippen molar-refractivity contribution in [2.24, 2.45) is 0 Å². The molecule has 1 aromatic carbocycles. The molecule has 0 fully saturated rings. The van der Waals surface area contributed by atoms with Crippen LogP contribution in [0.15, 0.2) is 4.90 Å². The summed E-state index contributed by atoms with van der Waals surface area (Å²) in [7, 11) is -0.598. The number of rotatable bonds is 2. The van der Waals surface area contributed by atoms with E-state index in [1.165, 1.54) is 0 Å². The van der Waals surface area contributed by atoms with Crippen LogP contribution in [0.5, 0.6) is 0 Å². The Morgan fingerprint density at radius 3 is 1.59 bits per heavy atom. The summed E-state index contributed by atoms with van der Waals surface area (Å²) in [4.78, 5) is 6.27. The number of nitro benzene ring substituents is 1. The second-order valence-electron chi connectivity index (χ2n) is 2.63. The zero-order valence-electron chi connectivity index (χ0n) is 7.38. The smallest absolute Gasteiger partial charge is 0.258 e. The molecule has 0 aliphatic carbocycles. The van der Waals surface area contributed by atoms with Crippen LogP contribution in [-0.2, 0) is 9.05 Å². The topological polar surface area (TPSA) is 77.3 Å². The number of benzene rings is 1. The first kappa shape index (κ1) is 13.6.